The van der Waals surface area contributed by atoms with E-state index in [0.29, 0.717) is 0 Å². The van der Waals surface area contributed by atoms with E-state index in [-0.39, 0.29) is 6.10 Å². The van der Waals surface area contributed by atoms with Gasteiger partial charge in [0.15, 0.2) is 0 Å². The third-order valence-electron chi connectivity index (χ3n) is 3.57. The van der Waals surface area contributed by atoms with E-state index in [4.69, 9.17) is 16.3 Å². The zero-order chi connectivity index (χ0) is 14.8. The third-order valence-corrected chi connectivity index (χ3v) is 4.79. The highest BCUT2D eigenvalue weighted by atomic mass is 35.5. The molecule has 0 amide bonds. The van der Waals surface area contributed by atoms with Crippen LogP contribution in [0.15, 0.2) is 12.1 Å². The summed E-state index contributed by atoms with van der Waals surface area (Å²) in [7, 11) is 0. The molecule has 1 fully saturated rings. The molecule has 0 N–H and O–H groups in total. The number of hydrogen-bond acceptors (Lipinski definition) is 5. The summed E-state index contributed by atoms with van der Waals surface area (Å²) in [5.74, 6) is 1.76. The van der Waals surface area contributed by atoms with Crippen molar-refractivity contribution in [2.24, 2.45) is 0 Å². The van der Waals surface area contributed by atoms with Gasteiger partial charge in [0, 0.05) is 24.5 Å². The molecule has 0 spiro atoms. The second-order valence-corrected chi connectivity index (χ2v) is 7.12. The maximum Gasteiger partial charge on any atom is 0.147 e. The summed E-state index contributed by atoms with van der Waals surface area (Å²) in [6.45, 7) is 8.22. The lowest BCUT2D eigenvalue weighted by molar-refractivity contribution is -0.0402. The molecule has 0 saturated carbocycles. The van der Waals surface area contributed by atoms with Crippen molar-refractivity contribution in [2.75, 3.05) is 19.7 Å². The van der Waals surface area contributed by atoms with E-state index < -0.39 is 0 Å². The molecule has 3 rings (SSSR count). The van der Waals surface area contributed by atoms with Crippen LogP contribution in [0.25, 0.3) is 0 Å². The quantitative estimate of drug-likeness (QED) is 0.866. The Morgan fingerprint density at radius 1 is 1.43 bits per heavy atom. The largest absolute Gasteiger partial charge is 0.374 e. The fraction of sp³-hybridized carbons (Fsp3) is 0.571. The van der Waals surface area contributed by atoms with Crippen LogP contribution in [0.3, 0.4) is 0 Å². The van der Waals surface area contributed by atoms with Gasteiger partial charge in [-0.3, -0.25) is 4.90 Å². The third kappa shape index (κ3) is 3.83. The molecular weight excluding hydrogens is 308 g/mol. The molecule has 1 atom stereocenters. The van der Waals surface area contributed by atoms with Gasteiger partial charge in [-0.2, -0.15) is 5.10 Å². The molecule has 0 aliphatic carbocycles. The van der Waals surface area contributed by atoms with E-state index >= 15 is 0 Å². The Hall–Kier alpha value is -0.950. The fourth-order valence-corrected chi connectivity index (χ4v) is 3.75. The van der Waals surface area contributed by atoms with Gasteiger partial charge in [-0.15, -0.1) is 11.3 Å². The molecular formula is C14H19ClN4OS. The van der Waals surface area contributed by atoms with Crippen molar-refractivity contribution in [3.63, 3.8) is 0 Å². The first-order valence-electron chi connectivity index (χ1n) is 7.06. The van der Waals surface area contributed by atoms with Crippen LogP contribution in [0.4, 0.5) is 0 Å². The highest BCUT2D eigenvalue weighted by Gasteiger charge is 2.22. The second kappa shape index (κ2) is 6.44. The predicted octanol–water partition coefficient (Wildman–Crippen LogP) is 2.51. The minimum Gasteiger partial charge on any atom is -0.374 e. The van der Waals surface area contributed by atoms with E-state index in [1.807, 2.05) is 24.6 Å². The maximum absolute atomic E-state index is 5.99. The lowest BCUT2D eigenvalue weighted by Gasteiger charge is -2.32. The molecule has 0 aromatic carbocycles. The SMILES string of the molecule is Cc1nc(C)n(C[C@H]2CN(Cc3ccc(Cl)s3)CCO2)n1. The molecule has 1 aliphatic rings. The molecule has 114 valence electrons. The standard InChI is InChI=1S/C14H19ClN4OS/c1-10-16-11(2)19(17-10)8-12-7-18(5-6-20-12)9-13-3-4-14(15)21-13/h3-4,12H,5-9H2,1-2H3/t12-/m1/s1. The number of morpholine rings is 1. The molecule has 0 unspecified atom stereocenters. The smallest absolute Gasteiger partial charge is 0.147 e. The topological polar surface area (TPSA) is 43.2 Å². The predicted molar refractivity (Wildman–Crippen MR) is 83.8 cm³/mol. The molecule has 2 aromatic rings. The van der Waals surface area contributed by atoms with Gasteiger partial charge >= 0.3 is 0 Å². The van der Waals surface area contributed by atoms with Crippen LogP contribution in [0.5, 0.6) is 0 Å². The molecule has 5 nitrogen and oxygen atoms in total. The molecule has 0 radical (unpaired) electrons. The van der Waals surface area contributed by atoms with E-state index in [9.17, 15) is 0 Å². The summed E-state index contributed by atoms with van der Waals surface area (Å²) in [6, 6.07) is 4.06. The summed E-state index contributed by atoms with van der Waals surface area (Å²) in [4.78, 5) is 8.05. The van der Waals surface area contributed by atoms with Crippen LogP contribution >= 0.6 is 22.9 Å². The number of halogens is 1. The minimum absolute atomic E-state index is 0.161. The molecule has 2 aromatic heterocycles. The Morgan fingerprint density at radius 3 is 2.95 bits per heavy atom. The second-order valence-electron chi connectivity index (χ2n) is 5.32. The average molecular weight is 327 g/mol. The van der Waals surface area contributed by atoms with Crippen molar-refractivity contribution in [3.8, 4) is 0 Å². The number of thiophene rings is 1. The molecule has 1 saturated heterocycles. The maximum atomic E-state index is 5.99. The minimum atomic E-state index is 0.161. The lowest BCUT2D eigenvalue weighted by Crippen LogP contribution is -2.43. The Morgan fingerprint density at radius 2 is 2.29 bits per heavy atom. The van der Waals surface area contributed by atoms with Crippen molar-refractivity contribution in [3.05, 3.63) is 33.0 Å². The number of ether oxygens (including phenoxy) is 1. The number of aryl methyl sites for hydroxylation is 2. The van der Waals surface area contributed by atoms with Gasteiger partial charge < -0.3 is 4.74 Å². The first-order chi connectivity index (χ1) is 10.1. The van der Waals surface area contributed by atoms with E-state index in [1.54, 1.807) is 11.3 Å². The van der Waals surface area contributed by atoms with Crippen molar-refractivity contribution in [1.29, 1.82) is 0 Å². The molecule has 3 heterocycles. The van der Waals surface area contributed by atoms with Gasteiger partial charge in [0.05, 0.1) is 23.6 Å². The Bertz CT molecular complexity index is 612. The van der Waals surface area contributed by atoms with E-state index in [2.05, 4.69) is 21.0 Å². The number of rotatable bonds is 4. The van der Waals surface area contributed by atoms with Crippen molar-refractivity contribution in [2.45, 2.75) is 33.0 Å². The highest BCUT2D eigenvalue weighted by Crippen LogP contribution is 2.23. The number of nitrogens with zero attached hydrogens (tertiary/aromatic N) is 4. The average Bonchev–Trinajstić information content (AvgIpc) is 2.96. The van der Waals surface area contributed by atoms with Crippen molar-refractivity contribution in [1.82, 2.24) is 19.7 Å². The van der Waals surface area contributed by atoms with Crippen LogP contribution in [-0.2, 0) is 17.8 Å². The van der Waals surface area contributed by atoms with Crippen LogP contribution in [0, 0.1) is 13.8 Å². The van der Waals surface area contributed by atoms with Gasteiger partial charge in [-0.25, -0.2) is 9.67 Å². The first kappa shape index (κ1) is 15.0. The Balaban J connectivity index is 1.59. The lowest BCUT2D eigenvalue weighted by atomic mass is 10.2. The van der Waals surface area contributed by atoms with Crippen molar-refractivity contribution >= 4 is 22.9 Å². The van der Waals surface area contributed by atoms with Crippen LogP contribution in [0.1, 0.15) is 16.5 Å². The summed E-state index contributed by atoms with van der Waals surface area (Å²) in [5.41, 5.74) is 0. The molecule has 7 heteroatoms. The van der Waals surface area contributed by atoms with Gasteiger partial charge in [0.25, 0.3) is 0 Å². The number of hydrogen-bond donors (Lipinski definition) is 0. The van der Waals surface area contributed by atoms with Crippen LogP contribution in [-0.4, -0.2) is 45.5 Å². The molecule has 1 aliphatic heterocycles. The number of aromatic nitrogens is 3. The van der Waals surface area contributed by atoms with E-state index in [1.165, 1.54) is 4.88 Å². The molecule has 21 heavy (non-hydrogen) atoms. The highest BCUT2D eigenvalue weighted by molar-refractivity contribution is 7.16. The zero-order valence-corrected chi connectivity index (χ0v) is 13.8. The van der Waals surface area contributed by atoms with Crippen LogP contribution < -0.4 is 0 Å². The Labute approximate surface area is 133 Å². The van der Waals surface area contributed by atoms with E-state index in [0.717, 1.165) is 48.8 Å². The first-order valence-corrected chi connectivity index (χ1v) is 8.26. The normalized spacial score (nSPS) is 20.0. The summed E-state index contributed by atoms with van der Waals surface area (Å²) in [5, 5.41) is 4.41. The fourth-order valence-electron chi connectivity index (χ4n) is 2.62. The van der Waals surface area contributed by atoms with Crippen molar-refractivity contribution < 1.29 is 4.74 Å². The monoisotopic (exact) mass is 326 g/mol. The Kier molecular flexibility index (Phi) is 4.59. The van der Waals surface area contributed by atoms with Gasteiger partial charge in [-0.1, -0.05) is 11.6 Å². The van der Waals surface area contributed by atoms with Gasteiger partial charge in [0.1, 0.15) is 11.6 Å². The zero-order valence-electron chi connectivity index (χ0n) is 12.3. The summed E-state index contributed by atoms with van der Waals surface area (Å²) < 4.78 is 8.65. The van der Waals surface area contributed by atoms with Gasteiger partial charge in [0.2, 0.25) is 0 Å². The molecule has 0 bridgehead atoms. The summed E-state index contributed by atoms with van der Waals surface area (Å²) in [6.07, 6.45) is 0.161. The summed E-state index contributed by atoms with van der Waals surface area (Å²) >= 11 is 7.64. The van der Waals surface area contributed by atoms with Gasteiger partial charge in [-0.05, 0) is 26.0 Å². The van der Waals surface area contributed by atoms with Crippen LogP contribution in [0.2, 0.25) is 4.34 Å².